The highest BCUT2D eigenvalue weighted by atomic mass is 15.0. The van der Waals surface area contributed by atoms with Gasteiger partial charge < -0.3 is 9.13 Å². The van der Waals surface area contributed by atoms with E-state index in [-0.39, 0.29) is 0 Å². The fraction of sp³-hybridized carbons (Fsp3) is 0.0182. The lowest BCUT2D eigenvalue weighted by molar-refractivity contribution is 1.16. The smallest absolute Gasteiger partial charge is 0.159 e. The normalized spacial score (nSPS) is 12.1. The first-order valence-corrected chi connectivity index (χ1v) is 21.0. The van der Waals surface area contributed by atoms with Gasteiger partial charge in [0.1, 0.15) is 0 Å². The zero-order chi connectivity index (χ0) is 41.4. The van der Waals surface area contributed by atoms with Gasteiger partial charge in [-0.1, -0.05) is 72.8 Å². The fourth-order valence-corrected chi connectivity index (χ4v) is 9.72. The maximum absolute atomic E-state index is 4.95. The summed E-state index contributed by atoms with van der Waals surface area (Å²) in [4.78, 5) is 28.2. The van der Waals surface area contributed by atoms with E-state index in [1.165, 1.54) is 22.3 Å². The molecule has 294 valence electrons. The molecule has 0 saturated heterocycles. The van der Waals surface area contributed by atoms with Gasteiger partial charge in [0, 0.05) is 70.5 Å². The van der Waals surface area contributed by atoms with Gasteiger partial charge in [-0.05, 0) is 136 Å². The quantitative estimate of drug-likeness (QED) is 0.166. The van der Waals surface area contributed by atoms with E-state index < -0.39 is 0 Å². The lowest BCUT2D eigenvalue weighted by Gasteiger charge is -2.13. The van der Waals surface area contributed by atoms with Gasteiger partial charge in [0.05, 0.1) is 33.1 Å². The Balaban J connectivity index is 0.927. The Bertz CT molecular complexity index is 3530. The molecule has 1 aliphatic rings. The van der Waals surface area contributed by atoms with E-state index in [0.29, 0.717) is 11.6 Å². The van der Waals surface area contributed by atoms with Crippen LogP contribution in [0.3, 0.4) is 0 Å². The van der Waals surface area contributed by atoms with Crippen molar-refractivity contribution in [2.75, 3.05) is 0 Å². The first-order chi connectivity index (χ1) is 31.2. The molecule has 0 spiro atoms. The summed E-state index contributed by atoms with van der Waals surface area (Å²) in [6.45, 7) is 0. The summed E-state index contributed by atoms with van der Waals surface area (Å²) < 4.78 is 4.71. The summed E-state index contributed by atoms with van der Waals surface area (Å²) in [7, 11) is 0. The number of nitrogens with zero attached hydrogens (tertiary/aromatic N) is 8. The second-order valence-electron chi connectivity index (χ2n) is 16.0. The highest BCUT2D eigenvalue weighted by Crippen LogP contribution is 2.43. The monoisotopic (exact) mass is 806 g/mol. The third-order valence-corrected chi connectivity index (χ3v) is 12.5. The predicted molar refractivity (Wildman–Crippen MR) is 252 cm³/mol. The summed E-state index contributed by atoms with van der Waals surface area (Å²) in [5.74, 6) is 1.41. The average molecular weight is 807 g/mol. The Hall–Kier alpha value is -8.62. The minimum atomic E-state index is 0.705. The van der Waals surface area contributed by atoms with Crippen molar-refractivity contribution in [3.63, 3.8) is 0 Å². The van der Waals surface area contributed by atoms with E-state index in [9.17, 15) is 0 Å². The summed E-state index contributed by atoms with van der Waals surface area (Å²) in [5, 5.41) is 2.19. The van der Waals surface area contributed by atoms with Crippen LogP contribution in [0.4, 0.5) is 0 Å². The first kappa shape index (κ1) is 35.2. The number of benzene rings is 6. The fourth-order valence-electron chi connectivity index (χ4n) is 9.72. The number of fused-ring (bicyclic) bond motifs is 9. The van der Waals surface area contributed by atoms with Gasteiger partial charge in [-0.25, -0.2) is 19.9 Å². The maximum Gasteiger partial charge on any atom is 0.159 e. The van der Waals surface area contributed by atoms with Gasteiger partial charge in [0.25, 0.3) is 0 Å². The van der Waals surface area contributed by atoms with Crippen molar-refractivity contribution in [2.24, 2.45) is 0 Å². The number of aromatic nitrogens is 8. The van der Waals surface area contributed by atoms with Gasteiger partial charge >= 0.3 is 0 Å². The van der Waals surface area contributed by atoms with Crippen LogP contribution in [0.1, 0.15) is 11.1 Å². The molecular weight excluding hydrogens is 773 g/mol. The molecule has 12 aromatic rings. The van der Waals surface area contributed by atoms with Crippen LogP contribution in [-0.2, 0) is 6.42 Å². The van der Waals surface area contributed by atoms with Gasteiger partial charge in [0.15, 0.2) is 11.6 Å². The Kier molecular flexibility index (Phi) is 7.80. The molecule has 0 fully saturated rings. The van der Waals surface area contributed by atoms with Crippen molar-refractivity contribution in [3.05, 3.63) is 206 Å². The largest absolute Gasteiger partial charge is 0.308 e. The molecule has 8 nitrogen and oxygen atoms in total. The molecular formula is C55H34N8. The summed E-state index contributed by atoms with van der Waals surface area (Å²) in [5.41, 5.74) is 19.9. The number of pyridine rings is 2. The van der Waals surface area contributed by atoms with Gasteiger partial charge in [0.2, 0.25) is 0 Å². The van der Waals surface area contributed by atoms with Crippen LogP contribution in [0.2, 0.25) is 0 Å². The number of hydrogen-bond donors (Lipinski definition) is 0. The third kappa shape index (κ3) is 5.55. The molecule has 1 aliphatic carbocycles. The highest BCUT2D eigenvalue weighted by molar-refractivity contribution is 6.10. The summed E-state index contributed by atoms with van der Waals surface area (Å²) in [6, 6.07) is 56.0. The molecule has 0 radical (unpaired) electrons. The van der Waals surface area contributed by atoms with E-state index in [1.807, 2.05) is 48.8 Å². The lowest BCUT2D eigenvalue weighted by atomic mass is 9.98. The zero-order valence-corrected chi connectivity index (χ0v) is 33.8. The molecule has 0 amide bonds. The Morgan fingerprint density at radius 2 is 0.746 bits per heavy atom. The number of hydrogen-bond acceptors (Lipinski definition) is 6. The topological polar surface area (TPSA) is 87.2 Å². The van der Waals surface area contributed by atoms with E-state index >= 15 is 0 Å². The van der Waals surface area contributed by atoms with E-state index in [1.54, 1.807) is 24.8 Å². The summed E-state index contributed by atoms with van der Waals surface area (Å²) in [6.07, 6.45) is 11.8. The molecule has 63 heavy (non-hydrogen) atoms. The number of rotatable bonds is 6. The molecule has 0 atom stereocenters. The average Bonchev–Trinajstić information content (AvgIpc) is 4.01. The SMILES string of the molecule is c1cnc(-c2ccccc2-c2ccc3c(c2)c2ncccc2n3-c2ccc3c(c2)-c2cc(-n4c5ccc(-c6ccccc6-c6ncccn6)cc5c5ncccc54)ccc2C3)nc1. The zero-order valence-electron chi connectivity index (χ0n) is 33.8. The molecule has 13 rings (SSSR count). The van der Waals surface area contributed by atoms with Crippen LogP contribution in [0.15, 0.2) is 195 Å². The van der Waals surface area contributed by atoms with Crippen LogP contribution in [0.25, 0.3) is 111 Å². The van der Waals surface area contributed by atoms with Crippen molar-refractivity contribution in [1.29, 1.82) is 0 Å². The molecule has 6 heterocycles. The van der Waals surface area contributed by atoms with E-state index in [0.717, 1.165) is 95.0 Å². The minimum Gasteiger partial charge on any atom is -0.308 e. The first-order valence-electron chi connectivity index (χ1n) is 21.0. The molecule has 8 heteroatoms. The Labute approximate surface area is 361 Å². The Morgan fingerprint density at radius 3 is 1.21 bits per heavy atom. The van der Waals surface area contributed by atoms with E-state index in [2.05, 4.69) is 150 Å². The molecule has 0 aliphatic heterocycles. The van der Waals surface area contributed by atoms with Crippen LogP contribution in [0.5, 0.6) is 0 Å². The van der Waals surface area contributed by atoms with Gasteiger partial charge in [-0.15, -0.1) is 0 Å². The van der Waals surface area contributed by atoms with Crippen molar-refractivity contribution in [1.82, 2.24) is 39.0 Å². The second-order valence-corrected chi connectivity index (χ2v) is 16.0. The molecule has 0 N–H and O–H groups in total. The standard InChI is InChI=1S/C55H34N8/c1-3-11-42(54-58-25-7-26-59-54)40(9-1)36-17-21-48-46(30-36)52-50(13-5-23-56-52)62(48)38-19-15-34-29-35-16-20-39(33-45(35)44(34)32-38)63-49-22-18-37(31-47(49)53-51(63)14-6-24-57-53)41-10-2-4-12-43(41)55-60-27-8-28-61-55/h1-28,30-33H,29H2. The lowest BCUT2D eigenvalue weighted by Crippen LogP contribution is -1.96. The molecule has 0 saturated carbocycles. The van der Waals surface area contributed by atoms with Crippen molar-refractivity contribution >= 4 is 43.9 Å². The van der Waals surface area contributed by atoms with Crippen molar-refractivity contribution in [2.45, 2.75) is 6.42 Å². The van der Waals surface area contributed by atoms with Gasteiger partial charge in [-0.3, -0.25) is 9.97 Å². The molecule has 6 aromatic heterocycles. The highest BCUT2D eigenvalue weighted by Gasteiger charge is 2.24. The molecule has 0 bridgehead atoms. The van der Waals surface area contributed by atoms with E-state index in [4.69, 9.17) is 9.97 Å². The summed E-state index contributed by atoms with van der Waals surface area (Å²) >= 11 is 0. The van der Waals surface area contributed by atoms with Crippen LogP contribution in [0, 0.1) is 0 Å². The Morgan fingerprint density at radius 1 is 0.317 bits per heavy atom. The molecule has 6 aromatic carbocycles. The van der Waals surface area contributed by atoms with Crippen LogP contribution >= 0.6 is 0 Å². The second kappa shape index (κ2) is 14.0. The minimum absolute atomic E-state index is 0.705. The maximum atomic E-state index is 4.95. The van der Waals surface area contributed by atoms with Crippen LogP contribution < -0.4 is 0 Å². The van der Waals surface area contributed by atoms with Gasteiger partial charge in [-0.2, -0.15) is 0 Å². The van der Waals surface area contributed by atoms with Crippen molar-refractivity contribution < 1.29 is 0 Å². The van der Waals surface area contributed by atoms with Crippen LogP contribution in [-0.4, -0.2) is 39.0 Å². The van der Waals surface area contributed by atoms with Crippen molar-refractivity contribution in [3.8, 4) is 67.5 Å². The molecule has 0 unspecified atom stereocenters. The third-order valence-electron chi connectivity index (χ3n) is 12.5. The predicted octanol–water partition coefficient (Wildman–Crippen LogP) is 12.5.